The Balaban J connectivity index is 2.01. The Morgan fingerprint density at radius 2 is 2.44 bits per heavy atom. The van der Waals surface area contributed by atoms with Crippen LogP contribution in [0.15, 0.2) is 17.3 Å². The fourth-order valence-electron chi connectivity index (χ4n) is 2.16. The average molecular weight is 252 g/mol. The quantitative estimate of drug-likeness (QED) is 0.606. The zero-order valence-corrected chi connectivity index (χ0v) is 9.35. The van der Waals surface area contributed by atoms with Gasteiger partial charge in [-0.1, -0.05) is 0 Å². The smallest absolute Gasteiger partial charge is 0.349 e. The number of fused-ring (bicyclic) bond motifs is 1. The third-order valence-corrected chi connectivity index (χ3v) is 3.09. The van der Waals surface area contributed by atoms with Gasteiger partial charge in [0.25, 0.3) is 0 Å². The molecule has 8 heteroatoms. The number of hydrogen-bond acceptors (Lipinski definition) is 6. The van der Waals surface area contributed by atoms with Crippen LogP contribution in [-0.2, 0) is 4.74 Å². The number of aliphatic hydroxyl groups is 2. The molecule has 1 aliphatic rings. The van der Waals surface area contributed by atoms with Crippen molar-refractivity contribution in [3.63, 3.8) is 0 Å². The van der Waals surface area contributed by atoms with Crippen molar-refractivity contribution in [1.29, 1.82) is 0 Å². The van der Waals surface area contributed by atoms with E-state index in [1.807, 2.05) is 0 Å². The Kier molecular flexibility index (Phi) is 2.62. The summed E-state index contributed by atoms with van der Waals surface area (Å²) in [6, 6.07) is 0. The first-order valence-electron chi connectivity index (χ1n) is 5.56. The Bertz CT molecular complexity index is 622. The summed E-state index contributed by atoms with van der Waals surface area (Å²) in [7, 11) is 0. The molecule has 1 saturated heterocycles. The Labute approximate surface area is 101 Å². The zero-order valence-electron chi connectivity index (χ0n) is 9.35. The van der Waals surface area contributed by atoms with E-state index in [9.17, 15) is 9.90 Å². The van der Waals surface area contributed by atoms with Crippen molar-refractivity contribution in [1.82, 2.24) is 19.6 Å². The van der Waals surface area contributed by atoms with E-state index in [-0.39, 0.29) is 12.3 Å². The lowest BCUT2D eigenvalue weighted by molar-refractivity contribution is -0.0222. The molecule has 3 atom stereocenters. The van der Waals surface area contributed by atoms with Crippen LogP contribution in [-0.4, -0.2) is 48.6 Å². The highest BCUT2D eigenvalue weighted by Gasteiger charge is 2.36. The van der Waals surface area contributed by atoms with Crippen molar-refractivity contribution in [2.45, 2.75) is 24.7 Å². The number of H-pyrrole nitrogens is 1. The lowest BCUT2D eigenvalue weighted by Crippen LogP contribution is -2.24. The van der Waals surface area contributed by atoms with Gasteiger partial charge in [-0.2, -0.15) is 9.61 Å². The Hall–Kier alpha value is -1.77. The van der Waals surface area contributed by atoms with E-state index in [0.29, 0.717) is 17.6 Å². The molecule has 0 aliphatic carbocycles. The molecule has 3 N–H and O–H groups in total. The van der Waals surface area contributed by atoms with Crippen LogP contribution < -0.4 is 5.69 Å². The molecule has 96 valence electrons. The van der Waals surface area contributed by atoms with Gasteiger partial charge in [0.2, 0.25) is 0 Å². The van der Waals surface area contributed by atoms with E-state index in [4.69, 9.17) is 9.84 Å². The Morgan fingerprint density at radius 3 is 3.17 bits per heavy atom. The predicted molar refractivity (Wildman–Crippen MR) is 58.9 cm³/mol. The largest absolute Gasteiger partial charge is 0.394 e. The van der Waals surface area contributed by atoms with E-state index in [2.05, 4.69) is 15.1 Å². The van der Waals surface area contributed by atoms with Crippen LogP contribution in [0.2, 0.25) is 0 Å². The number of hydrogen-bond donors (Lipinski definition) is 3. The molecule has 0 amide bonds. The number of nitrogens with one attached hydrogen (secondary N) is 1. The van der Waals surface area contributed by atoms with Gasteiger partial charge in [0.1, 0.15) is 6.10 Å². The topological polar surface area (TPSA) is 113 Å². The van der Waals surface area contributed by atoms with Crippen LogP contribution in [0.25, 0.3) is 5.65 Å². The molecular weight excluding hydrogens is 240 g/mol. The van der Waals surface area contributed by atoms with Crippen LogP contribution in [0, 0.1) is 0 Å². The van der Waals surface area contributed by atoms with Crippen LogP contribution in [0.3, 0.4) is 0 Å². The standard InChI is InChI=1S/C10H12N4O4/c15-3-8-6(16)1-7(18-8)5-2-13-14-9(5)11-4-12-10(14)17/h2,4,6-8,15-16H,1,3H2,(H,11,12,17)/t6-,7-,8?/m1/s1. The van der Waals surface area contributed by atoms with E-state index in [0.717, 1.165) is 4.52 Å². The van der Waals surface area contributed by atoms with Gasteiger partial charge in [-0.3, -0.25) is 4.98 Å². The first kappa shape index (κ1) is 11.3. The molecule has 2 aromatic heterocycles. The van der Waals surface area contributed by atoms with Crippen molar-refractivity contribution in [3.8, 4) is 0 Å². The summed E-state index contributed by atoms with van der Waals surface area (Å²) in [6.07, 6.45) is 1.39. The van der Waals surface area contributed by atoms with Crippen molar-refractivity contribution < 1.29 is 14.9 Å². The first-order valence-corrected chi connectivity index (χ1v) is 5.56. The van der Waals surface area contributed by atoms with Crippen LogP contribution in [0.5, 0.6) is 0 Å². The van der Waals surface area contributed by atoms with Gasteiger partial charge in [0, 0.05) is 12.0 Å². The molecule has 1 fully saturated rings. The zero-order chi connectivity index (χ0) is 12.7. The molecule has 0 spiro atoms. The molecule has 1 aliphatic heterocycles. The van der Waals surface area contributed by atoms with E-state index in [1.165, 1.54) is 12.5 Å². The molecule has 2 aromatic rings. The molecule has 0 bridgehead atoms. The number of rotatable bonds is 2. The number of aliphatic hydroxyl groups excluding tert-OH is 2. The molecule has 0 saturated carbocycles. The molecule has 0 radical (unpaired) electrons. The summed E-state index contributed by atoms with van der Waals surface area (Å²) in [5.41, 5.74) is 0.647. The second-order valence-electron chi connectivity index (χ2n) is 4.19. The van der Waals surface area contributed by atoms with Gasteiger partial charge in [0.15, 0.2) is 5.65 Å². The highest BCUT2D eigenvalue weighted by molar-refractivity contribution is 5.46. The Morgan fingerprint density at radius 1 is 1.61 bits per heavy atom. The maximum atomic E-state index is 11.5. The highest BCUT2D eigenvalue weighted by atomic mass is 16.5. The van der Waals surface area contributed by atoms with Crippen LogP contribution in [0.1, 0.15) is 18.1 Å². The monoisotopic (exact) mass is 252 g/mol. The lowest BCUT2D eigenvalue weighted by Gasteiger charge is -2.10. The molecule has 1 unspecified atom stereocenters. The van der Waals surface area contributed by atoms with E-state index in [1.54, 1.807) is 0 Å². The molecular formula is C10H12N4O4. The van der Waals surface area contributed by atoms with Gasteiger partial charge >= 0.3 is 5.69 Å². The van der Waals surface area contributed by atoms with Gasteiger partial charge in [-0.05, 0) is 0 Å². The van der Waals surface area contributed by atoms with Gasteiger partial charge in [-0.15, -0.1) is 0 Å². The summed E-state index contributed by atoms with van der Waals surface area (Å²) in [5, 5.41) is 22.6. The molecule has 18 heavy (non-hydrogen) atoms. The lowest BCUT2D eigenvalue weighted by atomic mass is 10.1. The van der Waals surface area contributed by atoms with Crippen molar-refractivity contribution >= 4 is 5.65 Å². The van der Waals surface area contributed by atoms with Crippen molar-refractivity contribution in [2.75, 3.05) is 6.61 Å². The van der Waals surface area contributed by atoms with Gasteiger partial charge in [-0.25, -0.2) is 9.78 Å². The maximum Gasteiger partial charge on any atom is 0.349 e. The third kappa shape index (κ3) is 1.62. The number of aromatic amines is 1. The summed E-state index contributed by atoms with van der Waals surface area (Å²) in [4.78, 5) is 17.9. The summed E-state index contributed by atoms with van der Waals surface area (Å²) >= 11 is 0. The second-order valence-corrected chi connectivity index (χ2v) is 4.19. The number of aromatic nitrogens is 4. The number of ether oxygens (including phenoxy) is 1. The molecule has 3 heterocycles. The van der Waals surface area contributed by atoms with Crippen molar-refractivity contribution in [3.05, 3.63) is 28.6 Å². The average Bonchev–Trinajstić information content (AvgIpc) is 2.93. The van der Waals surface area contributed by atoms with E-state index >= 15 is 0 Å². The normalized spacial score (nSPS) is 28.0. The van der Waals surface area contributed by atoms with Gasteiger partial charge in [0.05, 0.1) is 31.3 Å². The summed E-state index contributed by atoms with van der Waals surface area (Å²) in [5.74, 6) is 0. The summed E-state index contributed by atoms with van der Waals surface area (Å²) in [6.45, 7) is -0.245. The SMILES string of the molecule is O=c1[nH]cnc2c([C@H]3C[C@@H](O)C(CO)O3)cnn12. The van der Waals surface area contributed by atoms with Crippen molar-refractivity contribution in [2.24, 2.45) is 0 Å². The maximum absolute atomic E-state index is 11.5. The summed E-state index contributed by atoms with van der Waals surface area (Å²) < 4.78 is 6.65. The minimum absolute atomic E-state index is 0.245. The molecule has 3 rings (SSSR count). The third-order valence-electron chi connectivity index (χ3n) is 3.09. The minimum Gasteiger partial charge on any atom is -0.394 e. The molecule has 0 aromatic carbocycles. The fourth-order valence-corrected chi connectivity index (χ4v) is 2.16. The van der Waals surface area contributed by atoms with Gasteiger partial charge < -0.3 is 14.9 Å². The first-order chi connectivity index (χ1) is 8.70. The fraction of sp³-hybridized carbons (Fsp3) is 0.500. The van der Waals surface area contributed by atoms with Crippen LogP contribution in [0.4, 0.5) is 0 Å². The number of nitrogens with zero attached hydrogens (tertiary/aromatic N) is 3. The minimum atomic E-state index is -0.725. The second kappa shape index (κ2) is 4.16. The predicted octanol–water partition coefficient (Wildman–Crippen LogP) is -1.40. The van der Waals surface area contributed by atoms with Crippen LogP contribution >= 0.6 is 0 Å². The highest BCUT2D eigenvalue weighted by Crippen LogP contribution is 2.33. The van der Waals surface area contributed by atoms with E-state index < -0.39 is 18.3 Å². The molecule has 8 nitrogen and oxygen atoms in total.